The summed E-state index contributed by atoms with van der Waals surface area (Å²) in [4.78, 5) is 19.8. The van der Waals surface area contributed by atoms with Crippen molar-refractivity contribution in [2.24, 2.45) is 5.92 Å². The number of amides is 1. The van der Waals surface area contributed by atoms with Crippen LogP contribution in [-0.2, 0) is 4.79 Å². The lowest BCUT2D eigenvalue weighted by atomic mass is 10.0. The standard InChI is InChI=1S/C20H21N3O3S/c1-14-6-4-10-23(12-14)18(24)13-25-16-8-3-2-7-15(16)19-21-20(26-22-19)17-9-5-11-27-17/h2-3,5,7-9,11,14H,4,6,10,12-13H2,1H3/t14-/m0/s1. The van der Waals surface area contributed by atoms with Crippen LogP contribution in [0.2, 0.25) is 0 Å². The van der Waals surface area contributed by atoms with E-state index in [1.807, 2.05) is 46.7 Å². The molecule has 2 aromatic heterocycles. The van der Waals surface area contributed by atoms with Gasteiger partial charge in [-0.15, -0.1) is 11.3 Å². The van der Waals surface area contributed by atoms with Gasteiger partial charge < -0.3 is 14.2 Å². The highest BCUT2D eigenvalue weighted by Crippen LogP contribution is 2.31. The number of aromatic nitrogens is 2. The fourth-order valence-corrected chi connectivity index (χ4v) is 3.90. The lowest BCUT2D eigenvalue weighted by molar-refractivity contribution is -0.135. The molecule has 1 atom stereocenters. The largest absolute Gasteiger partial charge is 0.483 e. The number of nitrogens with zero attached hydrogens (tertiary/aromatic N) is 3. The highest BCUT2D eigenvalue weighted by Gasteiger charge is 2.22. The molecule has 1 saturated heterocycles. The van der Waals surface area contributed by atoms with Gasteiger partial charge in [0.25, 0.3) is 11.8 Å². The Bertz CT molecular complexity index is 907. The van der Waals surface area contributed by atoms with Crippen molar-refractivity contribution in [2.45, 2.75) is 19.8 Å². The van der Waals surface area contributed by atoms with E-state index in [9.17, 15) is 4.79 Å². The second kappa shape index (κ2) is 7.92. The van der Waals surface area contributed by atoms with Crippen molar-refractivity contribution in [3.63, 3.8) is 0 Å². The van der Waals surface area contributed by atoms with E-state index in [-0.39, 0.29) is 12.5 Å². The minimum absolute atomic E-state index is 0.0133. The molecule has 3 heterocycles. The van der Waals surface area contributed by atoms with Crippen LogP contribution in [0.15, 0.2) is 46.3 Å². The molecule has 0 bridgehead atoms. The van der Waals surface area contributed by atoms with Crippen molar-refractivity contribution < 1.29 is 14.1 Å². The van der Waals surface area contributed by atoms with Gasteiger partial charge in [0.1, 0.15) is 5.75 Å². The van der Waals surface area contributed by atoms with E-state index in [2.05, 4.69) is 17.1 Å². The minimum Gasteiger partial charge on any atom is -0.483 e. The Morgan fingerprint density at radius 1 is 1.33 bits per heavy atom. The number of piperidine rings is 1. The molecule has 1 aromatic carbocycles. The average molecular weight is 383 g/mol. The summed E-state index contributed by atoms with van der Waals surface area (Å²) in [5.74, 6) is 2.07. The van der Waals surface area contributed by atoms with Crippen molar-refractivity contribution in [1.29, 1.82) is 0 Å². The Hall–Kier alpha value is -2.67. The maximum absolute atomic E-state index is 12.5. The molecule has 0 radical (unpaired) electrons. The molecule has 1 aliphatic rings. The van der Waals surface area contributed by atoms with Crippen molar-refractivity contribution in [2.75, 3.05) is 19.7 Å². The third-order valence-corrected chi connectivity index (χ3v) is 5.50. The summed E-state index contributed by atoms with van der Waals surface area (Å²) >= 11 is 1.54. The fourth-order valence-electron chi connectivity index (χ4n) is 3.26. The van der Waals surface area contributed by atoms with E-state index in [0.717, 1.165) is 24.4 Å². The van der Waals surface area contributed by atoms with E-state index in [1.54, 1.807) is 11.3 Å². The molecule has 1 aliphatic heterocycles. The van der Waals surface area contributed by atoms with E-state index < -0.39 is 0 Å². The maximum Gasteiger partial charge on any atom is 0.268 e. The number of hydrogen-bond acceptors (Lipinski definition) is 6. The van der Waals surface area contributed by atoms with E-state index in [1.165, 1.54) is 6.42 Å². The van der Waals surface area contributed by atoms with Crippen LogP contribution < -0.4 is 4.74 Å². The second-order valence-corrected chi connectivity index (χ2v) is 7.72. The van der Waals surface area contributed by atoms with Gasteiger partial charge in [-0.05, 0) is 42.3 Å². The first-order valence-corrected chi connectivity index (χ1v) is 9.96. The SMILES string of the molecule is C[C@H]1CCCN(C(=O)COc2ccccc2-c2noc(-c3cccs3)n2)C1. The Kier molecular flexibility index (Phi) is 5.20. The third-order valence-electron chi connectivity index (χ3n) is 4.65. The van der Waals surface area contributed by atoms with Crippen molar-refractivity contribution in [3.05, 3.63) is 41.8 Å². The number of rotatable bonds is 5. The highest BCUT2D eigenvalue weighted by molar-refractivity contribution is 7.13. The Morgan fingerprint density at radius 3 is 3.04 bits per heavy atom. The highest BCUT2D eigenvalue weighted by atomic mass is 32.1. The smallest absolute Gasteiger partial charge is 0.268 e. The number of thiophene rings is 1. The topological polar surface area (TPSA) is 68.5 Å². The fraction of sp³-hybridized carbons (Fsp3) is 0.350. The Labute approximate surface area is 161 Å². The summed E-state index contributed by atoms with van der Waals surface area (Å²) in [6.45, 7) is 3.80. The first-order chi connectivity index (χ1) is 13.2. The van der Waals surface area contributed by atoms with Gasteiger partial charge in [-0.2, -0.15) is 4.98 Å². The van der Waals surface area contributed by atoms with E-state index >= 15 is 0 Å². The predicted octanol–water partition coefficient (Wildman–Crippen LogP) is 4.10. The number of para-hydroxylation sites is 1. The van der Waals surface area contributed by atoms with Crippen LogP contribution in [0.25, 0.3) is 22.2 Å². The molecule has 0 spiro atoms. The minimum atomic E-state index is 0.0133. The number of likely N-dealkylation sites (tertiary alicyclic amines) is 1. The molecule has 6 nitrogen and oxygen atoms in total. The quantitative estimate of drug-likeness (QED) is 0.663. The summed E-state index contributed by atoms with van der Waals surface area (Å²) in [5, 5.41) is 6.04. The summed E-state index contributed by atoms with van der Waals surface area (Å²) in [6.07, 6.45) is 2.23. The summed E-state index contributed by atoms with van der Waals surface area (Å²) in [6, 6.07) is 11.3. The molecule has 0 N–H and O–H groups in total. The molecule has 0 aliphatic carbocycles. The number of hydrogen-bond donors (Lipinski definition) is 0. The van der Waals surface area contributed by atoms with Gasteiger partial charge in [0.15, 0.2) is 6.61 Å². The Morgan fingerprint density at radius 2 is 2.22 bits per heavy atom. The number of carbonyl (C=O) groups excluding carboxylic acids is 1. The van der Waals surface area contributed by atoms with Crippen LogP contribution in [0.5, 0.6) is 5.75 Å². The maximum atomic E-state index is 12.5. The monoisotopic (exact) mass is 383 g/mol. The van der Waals surface area contributed by atoms with Crippen molar-refractivity contribution in [1.82, 2.24) is 15.0 Å². The number of carbonyl (C=O) groups is 1. The van der Waals surface area contributed by atoms with Crippen molar-refractivity contribution in [3.8, 4) is 27.9 Å². The zero-order valence-corrected chi connectivity index (χ0v) is 15.9. The second-order valence-electron chi connectivity index (χ2n) is 6.77. The number of benzene rings is 1. The first-order valence-electron chi connectivity index (χ1n) is 9.08. The van der Waals surface area contributed by atoms with E-state index in [4.69, 9.17) is 9.26 Å². The van der Waals surface area contributed by atoms with Crippen LogP contribution in [0, 0.1) is 5.92 Å². The van der Waals surface area contributed by atoms with Gasteiger partial charge in [-0.25, -0.2) is 0 Å². The summed E-state index contributed by atoms with van der Waals surface area (Å²) < 4.78 is 11.2. The van der Waals surface area contributed by atoms with Crippen LogP contribution in [0.3, 0.4) is 0 Å². The van der Waals surface area contributed by atoms with Gasteiger partial charge in [0.2, 0.25) is 5.82 Å². The first kappa shape index (κ1) is 17.7. The molecular formula is C20H21N3O3S. The number of ether oxygens (including phenoxy) is 1. The zero-order chi connectivity index (χ0) is 18.6. The molecule has 1 fully saturated rings. The third kappa shape index (κ3) is 4.03. The molecule has 7 heteroatoms. The molecule has 1 amide bonds. The van der Waals surface area contributed by atoms with Gasteiger partial charge in [0, 0.05) is 13.1 Å². The van der Waals surface area contributed by atoms with E-state index in [0.29, 0.717) is 28.9 Å². The van der Waals surface area contributed by atoms with Gasteiger partial charge in [0.05, 0.1) is 10.4 Å². The molecular weight excluding hydrogens is 362 g/mol. The van der Waals surface area contributed by atoms with Crippen LogP contribution in [0.4, 0.5) is 0 Å². The molecule has 3 aromatic rings. The van der Waals surface area contributed by atoms with Gasteiger partial charge in [-0.1, -0.05) is 30.3 Å². The average Bonchev–Trinajstić information content (AvgIpc) is 3.38. The van der Waals surface area contributed by atoms with Crippen molar-refractivity contribution >= 4 is 17.2 Å². The lowest BCUT2D eigenvalue weighted by Crippen LogP contribution is -2.41. The van der Waals surface area contributed by atoms with Crippen LogP contribution in [0.1, 0.15) is 19.8 Å². The van der Waals surface area contributed by atoms with Gasteiger partial charge >= 0.3 is 0 Å². The predicted molar refractivity (Wildman–Crippen MR) is 104 cm³/mol. The molecule has 0 unspecified atom stereocenters. The summed E-state index contributed by atoms with van der Waals surface area (Å²) in [5.41, 5.74) is 0.712. The molecule has 0 saturated carbocycles. The Balaban J connectivity index is 1.48. The molecule has 140 valence electrons. The van der Waals surface area contributed by atoms with Crippen LogP contribution >= 0.6 is 11.3 Å². The normalized spacial score (nSPS) is 17.1. The van der Waals surface area contributed by atoms with Crippen LogP contribution in [-0.4, -0.2) is 40.6 Å². The molecule has 4 rings (SSSR count). The summed E-state index contributed by atoms with van der Waals surface area (Å²) in [7, 11) is 0. The molecule has 27 heavy (non-hydrogen) atoms. The van der Waals surface area contributed by atoms with Gasteiger partial charge in [-0.3, -0.25) is 4.79 Å². The lowest BCUT2D eigenvalue weighted by Gasteiger charge is -2.30. The zero-order valence-electron chi connectivity index (χ0n) is 15.1.